The lowest BCUT2D eigenvalue weighted by Crippen LogP contribution is -2.40. The first-order valence-electron chi connectivity index (χ1n) is 8.70. The van der Waals surface area contributed by atoms with E-state index in [-0.39, 0.29) is 11.2 Å². The van der Waals surface area contributed by atoms with Gasteiger partial charge in [0, 0.05) is 18.8 Å². The minimum absolute atomic E-state index is 0.145. The summed E-state index contributed by atoms with van der Waals surface area (Å²) in [4.78, 5) is 14.9. The smallest absolute Gasteiger partial charge is 0.236 e. The van der Waals surface area contributed by atoms with Crippen molar-refractivity contribution in [2.75, 3.05) is 6.54 Å². The number of carbonyl (C=O) groups excluding carboxylic acids is 1. The average molecular weight is 364 g/mol. The van der Waals surface area contributed by atoms with Crippen LogP contribution in [0.4, 0.5) is 0 Å². The van der Waals surface area contributed by atoms with Gasteiger partial charge in [0.25, 0.3) is 0 Å². The summed E-state index contributed by atoms with van der Waals surface area (Å²) < 4.78 is 1.92. The second-order valence-electron chi connectivity index (χ2n) is 6.36. The van der Waals surface area contributed by atoms with Gasteiger partial charge in [-0.1, -0.05) is 54.2 Å². The Hall–Kier alpha value is -2.60. The maximum atomic E-state index is 12.9. The summed E-state index contributed by atoms with van der Waals surface area (Å²) in [6, 6.07) is 18.3. The van der Waals surface area contributed by atoms with E-state index < -0.39 is 0 Å². The van der Waals surface area contributed by atoms with Gasteiger partial charge in [-0.2, -0.15) is 0 Å². The average Bonchev–Trinajstić information content (AvgIpc) is 3.15. The monoisotopic (exact) mass is 364 g/mol. The molecule has 5 nitrogen and oxygen atoms in total. The van der Waals surface area contributed by atoms with E-state index in [1.54, 1.807) is 6.33 Å². The standard InChI is InChI=1S/C20H20N4OS/c1-15(19(25)23-12-11-16-7-5-6-8-17(16)13-23)26-20-22-21-14-24(20)18-9-3-2-4-10-18/h2-10,14-15H,11-13H2,1H3. The van der Waals surface area contributed by atoms with Crippen LogP contribution in [0.1, 0.15) is 18.1 Å². The lowest BCUT2D eigenvalue weighted by atomic mass is 10.00. The minimum atomic E-state index is -0.216. The summed E-state index contributed by atoms with van der Waals surface area (Å²) in [6.45, 7) is 3.40. The largest absolute Gasteiger partial charge is 0.337 e. The first kappa shape index (κ1) is 16.8. The van der Waals surface area contributed by atoms with Crippen LogP contribution in [0, 0.1) is 0 Å². The minimum Gasteiger partial charge on any atom is -0.337 e. The fourth-order valence-electron chi connectivity index (χ4n) is 3.22. The molecule has 0 N–H and O–H groups in total. The summed E-state index contributed by atoms with van der Waals surface area (Å²) >= 11 is 1.45. The Morgan fingerprint density at radius 2 is 1.81 bits per heavy atom. The molecule has 2 aromatic carbocycles. The van der Waals surface area contributed by atoms with Crippen molar-refractivity contribution in [2.24, 2.45) is 0 Å². The maximum absolute atomic E-state index is 12.9. The zero-order chi connectivity index (χ0) is 17.9. The third kappa shape index (κ3) is 3.37. The molecule has 1 aliphatic heterocycles. The highest BCUT2D eigenvalue weighted by atomic mass is 32.2. The number of hydrogen-bond acceptors (Lipinski definition) is 4. The second kappa shape index (κ2) is 7.33. The second-order valence-corrected chi connectivity index (χ2v) is 7.67. The number of carbonyl (C=O) groups is 1. The van der Waals surface area contributed by atoms with Crippen LogP contribution in [0.5, 0.6) is 0 Å². The molecule has 0 saturated heterocycles. The number of amides is 1. The molecule has 132 valence electrons. The van der Waals surface area contributed by atoms with Crippen molar-refractivity contribution >= 4 is 17.7 Å². The molecular weight excluding hydrogens is 344 g/mol. The Morgan fingerprint density at radius 1 is 1.08 bits per heavy atom. The van der Waals surface area contributed by atoms with Crippen molar-refractivity contribution < 1.29 is 4.79 Å². The molecule has 26 heavy (non-hydrogen) atoms. The highest BCUT2D eigenvalue weighted by Crippen LogP contribution is 2.27. The molecule has 2 heterocycles. The number of thioether (sulfide) groups is 1. The highest BCUT2D eigenvalue weighted by Gasteiger charge is 2.26. The van der Waals surface area contributed by atoms with E-state index in [1.165, 1.54) is 22.9 Å². The lowest BCUT2D eigenvalue weighted by Gasteiger charge is -2.30. The van der Waals surface area contributed by atoms with Crippen LogP contribution in [-0.4, -0.2) is 37.4 Å². The van der Waals surface area contributed by atoms with Crippen molar-refractivity contribution in [1.29, 1.82) is 0 Å². The van der Waals surface area contributed by atoms with Gasteiger partial charge in [-0.05, 0) is 36.6 Å². The van der Waals surface area contributed by atoms with Gasteiger partial charge < -0.3 is 4.90 Å². The molecule has 1 aliphatic rings. The van der Waals surface area contributed by atoms with E-state index in [1.807, 2.05) is 52.8 Å². The molecule has 0 aliphatic carbocycles. The Morgan fingerprint density at radius 3 is 2.62 bits per heavy atom. The molecule has 4 rings (SSSR count). The normalized spacial score (nSPS) is 14.7. The molecular formula is C20H20N4OS. The summed E-state index contributed by atoms with van der Waals surface area (Å²) in [7, 11) is 0. The number of nitrogens with zero attached hydrogens (tertiary/aromatic N) is 4. The van der Waals surface area contributed by atoms with E-state index in [2.05, 4.69) is 28.4 Å². The van der Waals surface area contributed by atoms with Crippen molar-refractivity contribution in [1.82, 2.24) is 19.7 Å². The molecule has 1 amide bonds. The van der Waals surface area contributed by atoms with E-state index in [0.717, 1.165) is 23.8 Å². The Balaban J connectivity index is 1.47. The fourth-order valence-corrected chi connectivity index (χ4v) is 4.15. The first-order valence-corrected chi connectivity index (χ1v) is 9.58. The van der Waals surface area contributed by atoms with E-state index in [0.29, 0.717) is 6.54 Å². The molecule has 1 unspecified atom stereocenters. The van der Waals surface area contributed by atoms with Gasteiger partial charge in [-0.25, -0.2) is 0 Å². The van der Waals surface area contributed by atoms with Crippen LogP contribution in [0.2, 0.25) is 0 Å². The van der Waals surface area contributed by atoms with Crippen molar-refractivity contribution in [2.45, 2.75) is 30.3 Å². The maximum Gasteiger partial charge on any atom is 0.236 e. The van der Waals surface area contributed by atoms with Gasteiger partial charge in [0.1, 0.15) is 6.33 Å². The van der Waals surface area contributed by atoms with Crippen molar-refractivity contribution in [3.05, 3.63) is 72.1 Å². The van der Waals surface area contributed by atoms with Crippen LogP contribution in [0.3, 0.4) is 0 Å². The molecule has 3 aromatic rings. The predicted molar refractivity (Wildman–Crippen MR) is 102 cm³/mol. The van der Waals surface area contributed by atoms with E-state index >= 15 is 0 Å². The summed E-state index contributed by atoms with van der Waals surface area (Å²) in [6.07, 6.45) is 2.60. The predicted octanol–water partition coefficient (Wildman–Crippen LogP) is 3.33. The topological polar surface area (TPSA) is 51.0 Å². The van der Waals surface area contributed by atoms with Gasteiger partial charge in [-0.15, -0.1) is 10.2 Å². The number of rotatable bonds is 4. The van der Waals surface area contributed by atoms with E-state index in [9.17, 15) is 4.79 Å². The number of aromatic nitrogens is 3. The number of benzene rings is 2. The highest BCUT2D eigenvalue weighted by molar-refractivity contribution is 8.00. The molecule has 6 heteroatoms. The van der Waals surface area contributed by atoms with Crippen LogP contribution in [0.25, 0.3) is 5.69 Å². The SMILES string of the molecule is CC(Sc1nncn1-c1ccccc1)C(=O)N1CCc2ccccc2C1. The van der Waals surface area contributed by atoms with Crippen LogP contribution < -0.4 is 0 Å². The van der Waals surface area contributed by atoms with Crippen LogP contribution in [-0.2, 0) is 17.8 Å². The van der Waals surface area contributed by atoms with Gasteiger partial charge in [-0.3, -0.25) is 9.36 Å². The molecule has 1 atom stereocenters. The lowest BCUT2D eigenvalue weighted by molar-refractivity contribution is -0.131. The third-order valence-corrected chi connectivity index (χ3v) is 5.67. The Kier molecular flexibility index (Phi) is 4.75. The third-order valence-electron chi connectivity index (χ3n) is 4.62. The quantitative estimate of drug-likeness (QED) is 0.667. The van der Waals surface area contributed by atoms with Gasteiger partial charge in [0.2, 0.25) is 5.91 Å². The van der Waals surface area contributed by atoms with E-state index in [4.69, 9.17) is 0 Å². The van der Waals surface area contributed by atoms with Gasteiger partial charge >= 0.3 is 0 Å². The zero-order valence-corrected chi connectivity index (χ0v) is 15.4. The molecule has 1 aromatic heterocycles. The van der Waals surface area contributed by atoms with Crippen molar-refractivity contribution in [3.8, 4) is 5.69 Å². The summed E-state index contributed by atoms with van der Waals surface area (Å²) in [5.41, 5.74) is 3.59. The molecule has 0 spiro atoms. The van der Waals surface area contributed by atoms with Gasteiger partial charge in [0.15, 0.2) is 5.16 Å². The number of hydrogen-bond donors (Lipinski definition) is 0. The zero-order valence-electron chi connectivity index (χ0n) is 14.6. The molecule has 0 fully saturated rings. The van der Waals surface area contributed by atoms with Crippen LogP contribution >= 0.6 is 11.8 Å². The fraction of sp³-hybridized carbons (Fsp3) is 0.250. The van der Waals surface area contributed by atoms with Gasteiger partial charge in [0.05, 0.1) is 5.25 Å². The Labute approximate surface area is 157 Å². The van der Waals surface area contributed by atoms with Crippen LogP contribution in [0.15, 0.2) is 66.1 Å². The summed E-state index contributed by atoms with van der Waals surface area (Å²) in [5, 5.41) is 8.74. The first-order chi connectivity index (χ1) is 12.7. The number of fused-ring (bicyclic) bond motifs is 1. The Bertz CT molecular complexity index is 909. The molecule has 0 saturated carbocycles. The number of para-hydroxylation sites is 1. The van der Waals surface area contributed by atoms with Crippen molar-refractivity contribution in [3.63, 3.8) is 0 Å². The molecule has 0 bridgehead atoms. The summed E-state index contributed by atoms with van der Waals surface area (Å²) in [5.74, 6) is 0.145. The molecule has 0 radical (unpaired) electrons.